The van der Waals surface area contributed by atoms with E-state index in [1.54, 1.807) is 12.1 Å². The Kier molecular flexibility index (Phi) is 3.78. The van der Waals surface area contributed by atoms with E-state index in [-0.39, 0.29) is 5.78 Å². The summed E-state index contributed by atoms with van der Waals surface area (Å²) in [4.78, 5) is 12.0. The first-order valence-corrected chi connectivity index (χ1v) is 6.10. The van der Waals surface area contributed by atoms with Crippen LogP contribution in [-0.2, 0) is 6.42 Å². The predicted octanol–water partition coefficient (Wildman–Crippen LogP) is 3.39. The van der Waals surface area contributed by atoms with Gasteiger partial charge in [0.05, 0.1) is 0 Å². The van der Waals surface area contributed by atoms with E-state index in [1.165, 1.54) is 5.56 Å². The molecule has 0 aromatic heterocycles. The minimum Gasteiger partial charge on any atom is -0.399 e. The molecule has 0 unspecified atom stereocenters. The minimum atomic E-state index is 0.168. The van der Waals surface area contributed by atoms with E-state index in [4.69, 9.17) is 5.73 Å². The highest BCUT2D eigenvalue weighted by Crippen LogP contribution is 2.15. The third-order valence-electron chi connectivity index (χ3n) is 3.08. The van der Waals surface area contributed by atoms with Gasteiger partial charge in [-0.1, -0.05) is 30.3 Å². The zero-order chi connectivity index (χ0) is 13.0. The third-order valence-corrected chi connectivity index (χ3v) is 3.08. The maximum atomic E-state index is 12.0. The molecule has 0 aliphatic heterocycles. The highest BCUT2D eigenvalue weighted by Gasteiger charge is 2.07. The molecule has 0 bridgehead atoms. The number of Topliss-reactive ketones (excluding diaryl/α,β-unsaturated/α-hetero) is 1. The van der Waals surface area contributed by atoms with Crippen molar-refractivity contribution in [2.24, 2.45) is 0 Å². The van der Waals surface area contributed by atoms with Crippen LogP contribution in [0.2, 0.25) is 0 Å². The Labute approximate surface area is 107 Å². The van der Waals surface area contributed by atoms with Crippen LogP contribution in [0, 0.1) is 6.92 Å². The molecule has 0 amide bonds. The second-order valence-electron chi connectivity index (χ2n) is 4.48. The second kappa shape index (κ2) is 5.50. The van der Waals surface area contributed by atoms with Gasteiger partial charge in [0.25, 0.3) is 0 Å². The van der Waals surface area contributed by atoms with Crippen molar-refractivity contribution in [2.45, 2.75) is 19.8 Å². The van der Waals surface area contributed by atoms with Crippen LogP contribution in [-0.4, -0.2) is 5.78 Å². The van der Waals surface area contributed by atoms with Crippen molar-refractivity contribution >= 4 is 11.5 Å². The summed E-state index contributed by atoms with van der Waals surface area (Å²) >= 11 is 0. The molecule has 2 N–H and O–H groups in total. The van der Waals surface area contributed by atoms with E-state index in [0.29, 0.717) is 6.42 Å². The number of anilines is 1. The first-order valence-electron chi connectivity index (χ1n) is 6.10. The van der Waals surface area contributed by atoms with Crippen LogP contribution in [0.4, 0.5) is 5.69 Å². The predicted molar refractivity (Wildman–Crippen MR) is 74.7 cm³/mol. The van der Waals surface area contributed by atoms with E-state index >= 15 is 0 Å². The monoisotopic (exact) mass is 239 g/mol. The Bertz CT molecular complexity index is 546. The molecule has 0 aliphatic rings. The normalized spacial score (nSPS) is 10.3. The van der Waals surface area contributed by atoms with Gasteiger partial charge in [-0.3, -0.25) is 4.79 Å². The SMILES string of the molecule is Cc1cc(C(=O)CCc2ccccc2)ccc1N. The molecule has 2 nitrogen and oxygen atoms in total. The van der Waals surface area contributed by atoms with Gasteiger partial charge in [0, 0.05) is 17.7 Å². The van der Waals surface area contributed by atoms with Gasteiger partial charge < -0.3 is 5.73 Å². The molecule has 0 spiro atoms. The molecule has 2 rings (SSSR count). The van der Waals surface area contributed by atoms with Crippen LogP contribution in [0.1, 0.15) is 27.9 Å². The molecule has 2 aromatic rings. The molecule has 0 saturated carbocycles. The summed E-state index contributed by atoms with van der Waals surface area (Å²) in [7, 11) is 0. The summed E-state index contributed by atoms with van der Waals surface area (Å²) in [6.45, 7) is 1.92. The Balaban J connectivity index is 2.02. The zero-order valence-corrected chi connectivity index (χ0v) is 10.5. The first kappa shape index (κ1) is 12.4. The number of aryl methyl sites for hydroxylation is 2. The average molecular weight is 239 g/mol. The van der Waals surface area contributed by atoms with Gasteiger partial charge in [-0.15, -0.1) is 0 Å². The molecular formula is C16H17NO. The Hall–Kier alpha value is -2.09. The Morgan fingerprint density at radius 1 is 1.11 bits per heavy atom. The molecule has 0 heterocycles. The van der Waals surface area contributed by atoms with Crippen molar-refractivity contribution in [3.63, 3.8) is 0 Å². The van der Waals surface area contributed by atoms with Crippen LogP contribution in [0.5, 0.6) is 0 Å². The molecule has 0 fully saturated rings. The molecule has 0 radical (unpaired) electrons. The number of benzene rings is 2. The van der Waals surface area contributed by atoms with Gasteiger partial charge in [0.15, 0.2) is 5.78 Å². The molecule has 18 heavy (non-hydrogen) atoms. The van der Waals surface area contributed by atoms with E-state index in [2.05, 4.69) is 0 Å². The van der Waals surface area contributed by atoms with Crippen LogP contribution in [0.25, 0.3) is 0 Å². The van der Waals surface area contributed by atoms with Crippen molar-refractivity contribution in [1.29, 1.82) is 0 Å². The summed E-state index contributed by atoms with van der Waals surface area (Å²) in [5.41, 5.74) is 9.37. The number of carbonyl (C=O) groups is 1. The fourth-order valence-electron chi connectivity index (χ4n) is 1.90. The van der Waals surface area contributed by atoms with Crippen molar-refractivity contribution in [3.05, 3.63) is 65.2 Å². The topological polar surface area (TPSA) is 43.1 Å². The lowest BCUT2D eigenvalue weighted by molar-refractivity contribution is 0.0983. The lowest BCUT2D eigenvalue weighted by Gasteiger charge is -2.05. The summed E-state index contributed by atoms with van der Waals surface area (Å²) in [6, 6.07) is 15.5. The standard InChI is InChI=1S/C16H17NO/c1-12-11-14(8-9-15(12)17)16(18)10-7-13-5-3-2-4-6-13/h2-6,8-9,11H,7,10,17H2,1H3. The number of hydrogen-bond acceptors (Lipinski definition) is 2. The Morgan fingerprint density at radius 3 is 2.50 bits per heavy atom. The number of nitrogens with two attached hydrogens (primary N) is 1. The van der Waals surface area contributed by atoms with Crippen molar-refractivity contribution < 1.29 is 4.79 Å². The zero-order valence-electron chi connectivity index (χ0n) is 10.5. The molecular weight excluding hydrogens is 222 g/mol. The van der Waals surface area contributed by atoms with Crippen molar-refractivity contribution in [3.8, 4) is 0 Å². The van der Waals surface area contributed by atoms with Gasteiger partial charge in [0.1, 0.15) is 0 Å². The smallest absolute Gasteiger partial charge is 0.163 e. The third kappa shape index (κ3) is 2.98. The maximum absolute atomic E-state index is 12.0. The van der Waals surface area contributed by atoms with Gasteiger partial charge in [-0.05, 0) is 42.7 Å². The summed E-state index contributed by atoms with van der Waals surface area (Å²) in [5, 5.41) is 0. The number of ketones is 1. The van der Waals surface area contributed by atoms with E-state index in [1.807, 2.05) is 43.3 Å². The van der Waals surface area contributed by atoms with Crippen LogP contribution in [0.15, 0.2) is 48.5 Å². The molecule has 0 atom stereocenters. The molecule has 2 aromatic carbocycles. The largest absolute Gasteiger partial charge is 0.399 e. The second-order valence-corrected chi connectivity index (χ2v) is 4.48. The van der Waals surface area contributed by atoms with Crippen molar-refractivity contribution in [2.75, 3.05) is 5.73 Å². The van der Waals surface area contributed by atoms with Crippen LogP contribution in [0.3, 0.4) is 0 Å². The summed E-state index contributed by atoms with van der Waals surface area (Å²) < 4.78 is 0. The van der Waals surface area contributed by atoms with Gasteiger partial charge in [0.2, 0.25) is 0 Å². The van der Waals surface area contributed by atoms with E-state index in [9.17, 15) is 4.79 Å². The highest BCUT2D eigenvalue weighted by atomic mass is 16.1. The molecule has 0 saturated heterocycles. The minimum absolute atomic E-state index is 0.168. The van der Waals surface area contributed by atoms with E-state index < -0.39 is 0 Å². The van der Waals surface area contributed by atoms with E-state index in [0.717, 1.165) is 23.2 Å². The van der Waals surface area contributed by atoms with Crippen LogP contribution < -0.4 is 5.73 Å². The van der Waals surface area contributed by atoms with Gasteiger partial charge in [-0.2, -0.15) is 0 Å². The first-order chi connectivity index (χ1) is 8.66. The highest BCUT2D eigenvalue weighted by molar-refractivity contribution is 5.96. The quantitative estimate of drug-likeness (QED) is 0.656. The fourth-order valence-corrected chi connectivity index (χ4v) is 1.90. The van der Waals surface area contributed by atoms with Gasteiger partial charge >= 0.3 is 0 Å². The summed E-state index contributed by atoms with van der Waals surface area (Å²) in [6.07, 6.45) is 1.32. The van der Waals surface area contributed by atoms with Crippen molar-refractivity contribution in [1.82, 2.24) is 0 Å². The van der Waals surface area contributed by atoms with Crippen LogP contribution >= 0.6 is 0 Å². The molecule has 0 aliphatic carbocycles. The number of rotatable bonds is 4. The molecule has 92 valence electrons. The lowest BCUT2D eigenvalue weighted by atomic mass is 10.0. The van der Waals surface area contributed by atoms with Gasteiger partial charge in [-0.25, -0.2) is 0 Å². The number of nitrogen functional groups attached to an aromatic ring is 1. The molecule has 2 heteroatoms. The Morgan fingerprint density at radius 2 is 1.83 bits per heavy atom. The number of hydrogen-bond donors (Lipinski definition) is 1. The average Bonchev–Trinajstić information content (AvgIpc) is 2.40. The fraction of sp³-hybridized carbons (Fsp3) is 0.188. The number of carbonyl (C=O) groups excluding carboxylic acids is 1. The lowest BCUT2D eigenvalue weighted by Crippen LogP contribution is -2.02. The maximum Gasteiger partial charge on any atom is 0.163 e. The summed E-state index contributed by atoms with van der Waals surface area (Å²) in [5.74, 6) is 0.168.